The highest BCUT2D eigenvalue weighted by Crippen LogP contribution is 2.28. The predicted molar refractivity (Wildman–Crippen MR) is 87.1 cm³/mol. The molecular formula is C19H21NO2. The lowest BCUT2D eigenvalue weighted by atomic mass is 9.89. The Labute approximate surface area is 131 Å². The lowest BCUT2D eigenvalue weighted by molar-refractivity contribution is 0.0696. The second kappa shape index (κ2) is 6.75. The normalized spacial score (nSPS) is 16.5. The van der Waals surface area contributed by atoms with Gasteiger partial charge in [0.1, 0.15) is 0 Å². The molecule has 22 heavy (non-hydrogen) atoms. The van der Waals surface area contributed by atoms with Crippen molar-refractivity contribution in [2.45, 2.75) is 25.3 Å². The molecule has 3 nitrogen and oxygen atoms in total. The smallest absolute Gasteiger partial charge is 0.335 e. The first-order valence-electron chi connectivity index (χ1n) is 7.82. The van der Waals surface area contributed by atoms with Gasteiger partial charge in [-0.05, 0) is 55.1 Å². The largest absolute Gasteiger partial charge is 0.478 e. The Hall–Kier alpha value is -2.13. The van der Waals surface area contributed by atoms with Gasteiger partial charge in [-0.1, -0.05) is 42.5 Å². The molecule has 0 saturated carbocycles. The van der Waals surface area contributed by atoms with E-state index in [1.54, 1.807) is 12.1 Å². The van der Waals surface area contributed by atoms with Crippen molar-refractivity contribution < 1.29 is 9.90 Å². The molecule has 0 bridgehead atoms. The summed E-state index contributed by atoms with van der Waals surface area (Å²) in [6.45, 7) is 2.97. The van der Waals surface area contributed by atoms with Crippen molar-refractivity contribution in [2.24, 2.45) is 0 Å². The summed E-state index contributed by atoms with van der Waals surface area (Å²) < 4.78 is 0. The molecule has 0 amide bonds. The number of carbonyl (C=O) groups is 1. The van der Waals surface area contributed by atoms with Crippen LogP contribution in [0.5, 0.6) is 0 Å². The maximum Gasteiger partial charge on any atom is 0.335 e. The van der Waals surface area contributed by atoms with E-state index in [0.29, 0.717) is 11.5 Å². The molecule has 1 aliphatic rings. The van der Waals surface area contributed by atoms with Gasteiger partial charge >= 0.3 is 5.97 Å². The van der Waals surface area contributed by atoms with Gasteiger partial charge in [0.15, 0.2) is 0 Å². The molecule has 0 aliphatic carbocycles. The van der Waals surface area contributed by atoms with Crippen LogP contribution in [0.1, 0.15) is 40.2 Å². The highest BCUT2D eigenvalue weighted by Gasteiger charge is 2.20. The van der Waals surface area contributed by atoms with Crippen LogP contribution in [-0.4, -0.2) is 29.1 Å². The third-order valence-corrected chi connectivity index (χ3v) is 4.44. The molecule has 0 unspecified atom stereocenters. The first-order valence-corrected chi connectivity index (χ1v) is 7.82. The fraction of sp³-hybridized carbons (Fsp3) is 0.316. The van der Waals surface area contributed by atoms with Crippen LogP contribution < -0.4 is 0 Å². The van der Waals surface area contributed by atoms with Crippen molar-refractivity contribution in [3.8, 4) is 0 Å². The Kier molecular flexibility index (Phi) is 4.54. The van der Waals surface area contributed by atoms with Gasteiger partial charge in [-0.15, -0.1) is 0 Å². The average Bonchev–Trinajstić information content (AvgIpc) is 2.56. The van der Waals surface area contributed by atoms with E-state index >= 15 is 0 Å². The van der Waals surface area contributed by atoms with Crippen LogP contribution >= 0.6 is 0 Å². The standard InChI is InChI=1S/C19H21NO2/c21-19(22)18-8-4-5-15(13-18)14-20-11-9-17(10-12-20)16-6-2-1-3-7-16/h1-8,13,17H,9-12,14H2,(H,21,22). The third-order valence-electron chi connectivity index (χ3n) is 4.44. The van der Waals surface area contributed by atoms with E-state index in [1.807, 2.05) is 12.1 Å². The van der Waals surface area contributed by atoms with Crippen LogP contribution in [0.25, 0.3) is 0 Å². The molecule has 0 aromatic heterocycles. The minimum absolute atomic E-state index is 0.372. The predicted octanol–water partition coefficient (Wildman–Crippen LogP) is 3.76. The number of nitrogens with zero attached hydrogens (tertiary/aromatic N) is 1. The van der Waals surface area contributed by atoms with E-state index in [0.717, 1.165) is 25.2 Å². The number of hydrogen-bond acceptors (Lipinski definition) is 2. The highest BCUT2D eigenvalue weighted by atomic mass is 16.4. The lowest BCUT2D eigenvalue weighted by Crippen LogP contribution is -2.32. The first kappa shape index (κ1) is 14.8. The number of piperidine rings is 1. The monoisotopic (exact) mass is 295 g/mol. The minimum atomic E-state index is -0.857. The second-order valence-corrected chi connectivity index (χ2v) is 5.97. The summed E-state index contributed by atoms with van der Waals surface area (Å²) in [6.07, 6.45) is 2.34. The molecule has 3 heteroatoms. The summed E-state index contributed by atoms with van der Waals surface area (Å²) in [7, 11) is 0. The molecule has 1 saturated heterocycles. The van der Waals surface area contributed by atoms with Crippen LogP contribution in [0.2, 0.25) is 0 Å². The van der Waals surface area contributed by atoms with Crippen molar-refractivity contribution in [3.05, 3.63) is 71.3 Å². The fourth-order valence-corrected chi connectivity index (χ4v) is 3.21. The molecule has 2 aromatic carbocycles. The van der Waals surface area contributed by atoms with Gasteiger partial charge in [0.2, 0.25) is 0 Å². The molecule has 114 valence electrons. The average molecular weight is 295 g/mol. The molecule has 2 aromatic rings. The number of likely N-dealkylation sites (tertiary alicyclic amines) is 1. The van der Waals surface area contributed by atoms with Crippen molar-refractivity contribution in [1.82, 2.24) is 4.90 Å². The molecule has 1 aliphatic heterocycles. The van der Waals surface area contributed by atoms with Gasteiger partial charge in [0, 0.05) is 6.54 Å². The van der Waals surface area contributed by atoms with Crippen LogP contribution in [0.4, 0.5) is 0 Å². The summed E-state index contributed by atoms with van der Waals surface area (Å²) in [5.41, 5.74) is 2.89. The Morgan fingerprint density at radius 2 is 1.77 bits per heavy atom. The van der Waals surface area contributed by atoms with E-state index in [2.05, 4.69) is 35.2 Å². The van der Waals surface area contributed by atoms with Crippen molar-refractivity contribution in [2.75, 3.05) is 13.1 Å². The van der Waals surface area contributed by atoms with Crippen LogP contribution in [0.15, 0.2) is 54.6 Å². The van der Waals surface area contributed by atoms with Crippen molar-refractivity contribution >= 4 is 5.97 Å². The zero-order valence-corrected chi connectivity index (χ0v) is 12.6. The topological polar surface area (TPSA) is 40.5 Å². The molecular weight excluding hydrogens is 274 g/mol. The second-order valence-electron chi connectivity index (χ2n) is 5.97. The maximum absolute atomic E-state index is 11.0. The van der Waals surface area contributed by atoms with Crippen molar-refractivity contribution in [1.29, 1.82) is 0 Å². The van der Waals surface area contributed by atoms with Gasteiger partial charge in [0.25, 0.3) is 0 Å². The summed E-state index contributed by atoms with van der Waals surface area (Å²) in [5.74, 6) is -0.201. The number of rotatable bonds is 4. The maximum atomic E-state index is 11.0. The Morgan fingerprint density at radius 3 is 2.45 bits per heavy atom. The summed E-state index contributed by atoms with van der Waals surface area (Å²) in [5, 5.41) is 9.06. The van der Waals surface area contributed by atoms with E-state index < -0.39 is 5.97 Å². The number of aromatic carboxylic acids is 1. The SMILES string of the molecule is O=C(O)c1cccc(CN2CCC(c3ccccc3)CC2)c1. The number of benzene rings is 2. The summed E-state index contributed by atoms with van der Waals surface area (Å²) in [4.78, 5) is 13.4. The lowest BCUT2D eigenvalue weighted by Gasteiger charge is -2.32. The zero-order chi connectivity index (χ0) is 15.4. The van der Waals surface area contributed by atoms with Gasteiger partial charge in [0.05, 0.1) is 5.56 Å². The number of carboxylic acids is 1. The van der Waals surface area contributed by atoms with Crippen LogP contribution in [-0.2, 0) is 6.54 Å². The summed E-state index contributed by atoms with van der Waals surface area (Å²) in [6, 6.07) is 18.0. The zero-order valence-electron chi connectivity index (χ0n) is 12.6. The van der Waals surface area contributed by atoms with Crippen molar-refractivity contribution in [3.63, 3.8) is 0 Å². The third kappa shape index (κ3) is 3.55. The Bertz CT molecular complexity index is 631. The molecule has 3 rings (SSSR count). The van der Waals surface area contributed by atoms with Crippen LogP contribution in [0, 0.1) is 0 Å². The molecule has 1 N–H and O–H groups in total. The summed E-state index contributed by atoms with van der Waals surface area (Å²) >= 11 is 0. The Morgan fingerprint density at radius 1 is 1.05 bits per heavy atom. The van der Waals surface area contributed by atoms with Gasteiger partial charge < -0.3 is 5.11 Å². The van der Waals surface area contributed by atoms with Gasteiger partial charge in [-0.3, -0.25) is 4.90 Å². The minimum Gasteiger partial charge on any atom is -0.478 e. The number of hydrogen-bond donors (Lipinski definition) is 1. The quantitative estimate of drug-likeness (QED) is 0.933. The Balaban J connectivity index is 1.58. The fourth-order valence-electron chi connectivity index (χ4n) is 3.21. The van der Waals surface area contributed by atoms with E-state index in [4.69, 9.17) is 5.11 Å². The van der Waals surface area contributed by atoms with Gasteiger partial charge in [-0.25, -0.2) is 4.79 Å². The first-order chi connectivity index (χ1) is 10.7. The van der Waals surface area contributed by atoms with E-state index in [-0.39, 0.29) is 0 Å². The molecule has 0 radical (unpaired) electrons. The van der Waals surface area contributed by atoms with Crippen LogP contribution in [0.3, 0.4) is 0 Å². The molecule has 0 spiro atoms. The number of carboxylic acid groups (broad SMARTS) is 1. The molecule has 1 heterocycles. The van der Waals surface area contributed by atoms with E-state index in [9.17, 15) is 4.79 Å². The highest BCUT2D eigenvalue weighted by molar-refractivity contribution is 5.87. The van der Waals surface area contributed by atoms with Gasteiger partial charge in [-0.2, -0.15) is 0 Å². The van der Waals surface area contributed by atoms with E-state index in [1.165, 1.54) is 18.4 Å². The molecule has 0 atom stereocenters. The molecule has 1 fully saturated rings.